The van der Waals surface area contributed by atoms with Crippen LogP contribution in [0.4, 0.5) is 5.69 Å². The highest BCUT2D eigenvalue weighted by atomic mass is 35.5. The molecule has 1 aliphatic rings. The van der Waals surface area contributed by atoms with Gasteiger partial charge in [0.1, 0.15) is 6.10 Å². The Morgan fingerprint density at radius 1 is 1.30 bits per heavy atom. The lowest BCUT2D eigenvalue weighted by molar-refractivity contribution is -0.439. The predicted molar refractivity (Wildman–Crippen MR) is 105 cm³/mol. The van der Waals surface area contributed by atoms with Crippen LogP contribution in [0.25, 0.3) is 0 Å². The summed E-state index contributed by atoms with van der Waals surface area (Å²) in [5.41, 5.74) is 2.92. The Morgan fingerprint density at radius 3 is 2.48 bits per heavy atom. The van der Waals surface area contributed by atoms with Gasteiger partial charge < -0.3 is 20.7 Å². The normalized spacial score (nSPS) is 14.1. The van der Waals surface area contributed by atoms with Crippen LogP contribution in [-0.2, 0) is 4.79 Å². The van der Waals surface area contributed by atoms with E-state index in [0.29, 0.717) is 16.6 Å². The molecule has 0 fully saturated rings. The molecule has 1 atom stereocenters. The minimum absolute atomic E-state index is 0.174. The van der Waals surface area contributed by atoms with Crippen LogP contribution in [-0.4, -0.2) is 52.2 Å². The van der Waals surface area contributed by atoms with E-state index in [1.165, 1.54) is 6.92 Å². The molecule has 142 valence electrons. The number of aliphatic hydroxyl groups is 1. The number of benzene rings is 2. The Kier molecular flexibility index (Phi) is 6.92. The van der Waals surface area contributed by atoms with Crippen LogP contribution in [0.1, 0.15) is 18.1 Å². The third kappa shape index (κ3) is 5.29. The monoisotopic (exact) mass is 389 g/mol. The molecule has 3 rings (SSSR count). The van der Waals surface area contributed by atoms with Gasteiger partial charge in [-0.2, -0.15) is 4.74 Å². The van der Waals surface area contributed by atoms with E-state index in [-0.39, 0.29) is 6.54 Å². The van der Waals surface area contributed by atoms with E-state index >= 15 is 0 Å². The quantitative estimate of drug-likeness (QED) is 0.540. The van der Waals surface area contributed by atoms with Crippen molar-refractivity contribution >= 4 is 34.8 Å². The van der Waals surface area contributed by atoms with Crippen LogP contribution < -0.4 is 5.32 Å². The zero-order chi connectivity index (χ0) is 20.0. The van der Waals surface area contributed by atoms with Gasteiger partial charge in [-0.25, -0.2) is 9.79 Å². The summed E-state index contributed by atoms with van der Waals surface area (Å²) in [6.07, 6.45) is -1.23. The van der Waals surface area contributed by atoms with E-state index in [9.17, 15) is 10.0 Å². The van der Waals surface area contributed by atoms with Crippen LogP contribution in [0.3, 0.4) is 0 Å². The van der Waals surface area contributed by atoms with Gasteiger partial charge in [-0.05, 0) is 37.3 Å². The predicted octanol–water partition coefficient (Wildman–Crippen LogP) is 2.40. The smallest absolute Gasteiger partial charge is 0.332 e. The van der Waals surface area contributed by atoms with Gasteiger partial charge in [-0.15, -0.1) is 0 Å². The maximum Gasteiger partial charge on any atom is 0.332 e. The molecule has 7 nitrogen and oxygen atoms in total. The zero-order valence-corrected chi connectivity index (χ0v) is 15.6. The van der Waals surface area contributed by atoms with Crippen molar-refractivity contribution in [3.8, 4) is 0 Å². The molecule has 8 heteroatoms. The van der Waals surface area contributed by atoms with Crippen molar-refractivity contribution in [1.82, 2.24) is 5.32 Å². The third-order valence-electron chi connectivity index (χ3n) is 3.71. The van der Waals surface area contributed by atoms with E-state index in [2.05, 4.69) is 10.3 Å². The van der Waals surface area contributed by atoms with Gasteiger partial charge in [0.15, 0.2) is 5.84 Å². The summed E-state index contributed by atoms with van der Waals surface area (Å²) in [7, 11) is 1.76. The molecule has 0 bridgehead atoms. The average molecular weight is 390 g/mol. The lowest BCUT2D eigenvalue weighted by Gasteiger charge is -2.10. The molecule has 27 heavy (non-hydrogen) atoms. The molecule has 0 aromatic heterocycles. The van der Waals surface area contributed by atoms with E-state index in [1.807, 2.05) is 36.4 Å². The fourth-order valence-corrected chi connectivity index (χ4v) is 2.53. The second kappa shape index (κ2) is 9.16. The Morgan fingerprint density at radius 2 is 1.93 bits per heavy atom. The van der Waals surface area contributed by atoms with Crippen molar-refractivity contribution in [1.29, 1.82) is 0 Å². The zero-order valence-electron chi connectivity index (χ0n) is 14.9. The number of hydrogen-bond acceptors (Lipinski definition) is 5. The number of likely N-dealkylation sites (N-methyl/N-ethyl adjacent to an activating group) is 1. The maximum absolute atomic E-state index is 12.6. The number of carbonyl (C=O) groups is 1. The summed E-state index contributed by atoms with van der Waals surface area (Å²) in [5, 5.41) is 31.9. The molecule has 1 unspecified atom stereocenters. The van der Waals surface area contributed by atoms with E-state index in [0.717, 1.165) is 21.6 Å². The average Bonchev–Trinajstić information content (AvgIpc) is 2.78. The number of rotatable bonds is 2. The Hall–Kier alpha value is -2.90. The summed E-state index contributed by atoms with van der Waals surface area (Å²) in [4.78, 5) is 14.0. The number of amidine groups is 1. The van der Waals surface area contributed by atoms with E-state index < -0.39 is 12.1 Å². The van der Waals surface area contributed by atoms with Crippen molar-refractivity contribution in [3.05, 3.63) is 69.9 Å². The first kappa shape index (κ1) is 20.4. The number of hydrogen-bond donors (Lipinski definition) is 3. The molecular formula is C19H20ClN3O4. The van der Waals surface area contributed by atoms with Gasteiger partial charge in [0.05, 0.1) is 11.3 Å². The van der Waals surface area contributed by atoms with E-state index in [4.69, 9.17) is 21.8 Å². The molecule has 0 amide bonds. The molecule has 0 radical (unpaired) electrons. The van der Waals surface area contributed by atoms with Crippen molar-refractivity contribution in [2.45, 2.75) is 13.0 Å². The Bertz CT molecular complexity index is 880. The molecule has 0 saturated heterocycles. The number of carboxylic acids is 1. The van der Waals surface area contributed by atoms with Gasteiger partial charge in [0, 0.05) is 17.6 Å². The maximum atomic E-state index is 12.6. The summed E-state index contributed by atoms with van der Waals surface area (Å²) < 4.78 is 0.951. The minimum Gasteiger partial charge on any atom is -0.623 e. The number of fused-ring (bicyclic) bond motifs is 1. The molecule has 2 aromatic rings. The fourth-order valence-electron chi connectivity index (χ4n) is 2.36. The van der Waals surface area contributed by atoms with Crippen molar-refractivity contribution in [2.75, 3.05) is 13.6 Å². The van der Waals surface area contributed by atoms with Gasteiger partial charge in [-0.1, -0.05) is 29.8 Å². The van der Waals surface area contributed by atoms with Crippen LogP contribution in [0.2, 0.25) is 5.02 Å². The Labute approximate surface area is 161 Å². The molecular weight excluding hydrogens is 370 g/mol. The first-order valence-corrected chi connectivity index (χ1v) is 8.54. The second-order valence-corrected chi connectivity index (χ2v) is 6.17. The van der Waals surface area contributed by atoms with Crippen LogP contribution in [0.5, 0.6) is 0 Å². The molecule has 3 N–H and O–H groups in total. The van der Waals surface area contributed by atoms with Gasteiger partial charge in [0.25, 0.3) is 0 Å². The van der Waals surface area contributed by atoms with Crippen molar-refractivity contribution < 1.29 is 19.7 Å². The summed E-state index contributed by atoms with van der Waals surface area (Å²) >= 11 is 6.10. The molecule has 1 aliphatic heterocycles. The number of carboxylic acid groups (broad SMARTS) is 1. The van der Waals surface area contributed by atoms with Gasteiger partial charge in [-0.3, -0.25) is 0 Å². The molecule has 2 aromatic carbocycles. The highest BCUT2D eigenvalue weighted by Gasteiger charge is 2.24. The van der Waals surface area contributed by atoms with E-state index in [1.54, 1.807) is 19.2 Å². The lowest BCUT2D eigenvalue weighted by Crippen LogP contribution is -2.29. The van der Waals surface area contributed by atoms with Crippen LogP contribution >= 0.6 is 11.6 Å². The first-order valence-electron chi connectivity index (χ1n) is 8.16. The number of nitrogens with zero attached hydrogens (tertiary/aromatic N) is 2. The topological polar surface area (TPSA) is 108 Å². The minimum atomic E-state index is -1.23. The van der Waals surface area contributed by atoms with Crippen molar-refractivity contribution in [3.63, 3.8) is 0 Å². The number of hydroxylamine groups is 1. The lowest BCUT2D eigenvalue weighted by atomic mass is 10.0. The highest BCUT2D eigenvalue weighted by molar-refractivity contribution is 6.31. The largest absolute Gasteiger partial charge is 0.623 e. The van der Waals surface area contributed by atoms with Gasteiger partial charge >= 0.3 is 5.97 Å². The SMILES string of the molecule is CC(O)C(=O)O.CNC1=Nc2ccc(Cl)cc2C(c2ccccc2)=[N+]([O-])C1. The molecule has 0 aliphatic carbocycles. The second-order valence-electron chi connectivity index (χ2n) is 5.74. The number of aliphatic carboxylic acids is 1. The standard InChI is InChI=1S/C16H14ClN3O.C3H6O3/c1-18-15-10-20(21)16(11-5-3-2-4-6-11)13-9-12(17)7-8-14(13)19-15;1-2(4)3(5)6/h2-9H,10H2,1H3,(H,18,19);2,4H,1H3,(H,5,6). The third-order valence-corrected chi connectivity index (χ3v) is 3.94. The molecule has 0 spiro atoms. The number of halogens is 1. The number of aliphatic imine (C=N–C) groups is 1. The summed E-state index contributed by atoms with van der Waals surface area (Å²) in [5.74, 6) is -0.561. The fraction of sp³-hybridized carbons (Fsp3) is 0.211. The van der Waals surface area contributed by atoms with Crippen LogP contribution in [0, 0.1) is 5.21 Å². The summed E-state index contributed by atoms with van der Waals surface area (Å²) in [6.45, 7) is 1.37. The summed E-state index contributed by atoms with van der Waals surface area (Å²) in [6, 6.07) is 15.0. The Balaban J connectivity index is 0.000000380. The van der Waals surface area contributed by atoms with Crippen molar-refractivity contribution in [2.24, 2.45) is 4.99 Å². The van der Waals surface area contributed by atoms with Gasteiger partial charge in [0.2, 0.25) is 12.3 Å². The number of aliphatic hydroxyl groups excluding tert-OH is 1. The number of nitrogens with one attached hydrogen (secondary N) is 1. The highest BCUT2D eigenvalue weighted by Crippen LogP contribution is 2.27. The molecule has 0 saturated carbocycles. The molecule has 1 heterocycles. The van der Waals surface area contributed by atoms with Crippen LogP contribution in [0.15, 0.2) is 53.5 Å². The first-order chi connectivity index (χ1) is 12.8.